The number of nitrogens with zero attached hydrogens (tertiary/aromatic N) is 1. The van der Waals surface area contributed by atoms with E-state index in [2.05, 4.69) is 10.6 Å². The van der Waals surface area contributed by atoms with Crippen molar-refractivity contribution >= 4 is 39.7 Å². The van der Waals surface area contributed by atoms with Crippen LogP contribution in [0.1, 0.15) is 25.1 Å². The maximum absolute atomic E-state index is 12.4. The molecule has 0 radical (unpaired) electrons. The maximum atomic E-state index is 12.4. The van der Waals surface area contributed by atoms with Crippen LogP contribution in [0.3, 0.4) is 0 Å². The molecule has 0 unspecified atom stereocenters. The van der Waals surface area contributed by atoms with E-state index < -0.39 is 10.0 Å². The van der Waals surface area contributed by atoms with Crippen LogP contribution >= 0.6 is 23.7 Å². The lowest BCUT2D eigenvalue weighted by Gasteiger charge is -2.16. The van der Waals surface area contributed by atoms with Gasteiger partial charge in [-0.25, -0.2) is 8.42 Å². The van der Waals surface area contributed by atoms with E-state index in [1.807, 2.05) is 19.9 Å². The second kappa shape index (κ2) is 11.0. The molecule has 0 bridgehead atoms. The number of rotatable bonds is 10. The average Bonchev–Trinajstić information content (AvgIpc) is 2.95. The molecule has 23 heavy (non-hydrogen) atoms. The van der Waals surface area contributed by atoms with E-state index in [4.69, 9.17) is 0 Å². The van der Waals surface area contributed by atoms with Gasteiger partial charge in [0.05, 0.1) is 0 Å². The Balaban J connectivity index is 0.00000484. The van der Waals surface area contributed by atoms with Gasteiger partial charge in [-0.1, -0.05) is 13.8 Å². The van der Waals surface area contributed by atoms with Crippen molar-refractivity contribution in [3.05, 3.63) is 17.0 Å². The van der Waals surface area contributed by atoms with Gasteiger partial charge >= 0.3 is 0 Å². The lowest BCUT2D eigenvalue weighted by Crippen LogP contribution is -2.30. The lowest BCUT2D eigenvalue weighted by molar-refractivity contribution is -0.120. The molecule has 2 N–H and O–H groups in total. The summed E-state index contributed by atoms with van der Waals surface area (Å²) in [5, 5.41) is 5.75. The molecule has 0 aliphatic rings. The summed E-state index contributed by atoms with van der Waals surface area (Å²) >= 11 is 1.28. The third kappa shape index (κ3) is 6.76. The molecule has 1 aromatic heterocycles. The highest BCUT2D eigenvalue weighted by molar-refractivity contribution is 7.91. The van der Waals surface area contributed by atoms with E-state index >= 15 is 0 Å². The number of hydrogen-bond acceptors (Lipinski definition) is 5. The number of sulfonamides is 1. The van der Waals surface area contributed by atoms with E-state index in [1.165, 1.54) is 15.6 Å². The number of carbonyl (C=O) groups excluding carboxylic acids is 1. The van der Waals surface area contributed by atoms with Crippen molar-refractivity contribution in [1.29, 1.82) is 0 Å². The van der Waals surface area contributed by atoms with E-state index in [1.54, 1.807) is 13.1 Å². The quantitative estimate of drug-likeness (QED) is 0.641. The average molecular weight is 384 g/mol. The van der Waals surface area contributed by atoms with Crippen LogP contribution in [0.4, 0.5) is 0 Å². The van der Waals surface area contributed by atoms with E-state index in [0.29, 0.717) is 43.2 Å². The van der Waals surface area contributed by atoms with Crippen LogP contribution < -0.4 is 10.6 Å². The molecular weight excluding hydrogens is 358 g/mol. The first kappa shape index (κ1) is 22.3. The number of amides is 1. The minimum absolute atomic E-state index is 0. The molecule has 1 amide bonds. The van der Waals surface area contributed by atoms with Crippen molar-refractivity contribution in [3.63, 3.8) is 0 Å². The summed E-state index contributed by atoms with van der Waals surface area (Å²) in [4.78, 5) is 12.4. The SMILES string of the molecule is CCN(CC)S(=O)(=O)c1ccc(CCNC(=O)CCNC)s1.Cl. The standard InChI is InChI=1S/C14H25N3O3S2.ClH/c1-4-17(5-2)22(19,20)14-7-6-12(21-14)8-11-16-13(18)9-10-15-3;/h6-7,15H,4-5,8-11H2,1-3H3,(H,16,18);1H. The fourth-order valence-electron chi connectivity index (χ4n) is 1.97. The van der Waals surface area contributed by atoms with Gasteiger partial charge in [-0.3, -0.25) is 4.79 Å². The molecule has 0 spiro atoms. The van der Waals surface area contributed by atoms with Crippen molar-refractivity contribution < 1.29 is 13.2 Å². The normalized spacial score (nSPS) is 11.3. The highest BCUT2D eigenvalue weighted by Gasteiger charge is 2.23. The van der Waals surface area contributed by atoms with Gasteiger partial charge in [-0.15, -0.1) is 23.7 Å². The van der Waals surface area contributed by atoms with Crippen LogP contribution in [0.15, 0.2) is 16.3 Å². The number of hydrogen-bond donors (Lipinski definition) is 2. The molecule has 0 aliphatic heterocycles. The summed E-state index contributed by atoms with van der Waals surface area (Å²) in [6, 6.07) is 3.47. The van der Waals surface area contributed by atoms with Crippen LogP contribution in [-0.2, 0) is 21.2 Å². The Kier molecular flexibility index (Phi) is 10.7. The number of halogens is 1. The second-order valence-electron chi connectivity index (χ2n) is 4.76. The zero-order chi connectivity index (χ0) is 16.6. The van der Waals surface area contributed by atoms with Gasteiger partial charge in [0.1, 0.15) is 4.21 Å². The molecular formula is C14H26ClN3O3S2. The minimum atomic E-state index is -3.38. The fraction of sp³-hybridized carbons (Fsp3) is 0.643. The third-order valence-corrected chi connectivity index (χ3v) is 6.89. The first-order valence-electron chi connectivity index (χ1n) is 7.45. The first-order chi connectivity index (χ1) is 10.5. The second-order valence-corrected chi connectivity index (χ2v) is 8.10. The summed E-state index contributed by atoms with van der Waals surface area (Å²) < 4.78 is 26.6. The van der Waals surface area contributed by atoms with E-state index in [9.17, 15) is 13.2 Å². The molecule has 0 atom stereocenters. The zero-order valence-corrected chi connectivity index (χ0v) is 16.2. The maximum Gasteiger partial charge on any atom is 0.252 e. The van der Waals surface area contributed by atoms with Gasteiger partial charge in [-0.2, -0.15) is 4.31 Å². The van der Waals surface area contributed by atoms with Crippen molar-refractivity contribution in [2.24, 2.45) is 0 Å². The Morgan fingerprint density at radius 2 is 1.87 bits per heavy atom. The summed E-state index contributed by atoms with van der Waals surface area (Å²) in [6.07, 6.45) is 1.09. The van der Waals surface area contributed by atoms with Crippen LogP contribution in [0.25, 0.3) is 0 Å². The monoisotopic (exact) mass is 383 g/mol. The molecule has 0 aromatic carbocycles. The van der Waals surface area contributed by atoms with Crippen LogP contribution in [0.2, 0.25) is 0 Å². The molecule has 134 valence electrons. The first-order valence-corrected chi connectivity index (χ1v) is 9.71. The molecule has 1 heterocycles. The largest absolute Gasteiger partial charge is 0.356 e. The van der Waals surface area contributed by atoms with Crippen molar-refractivity contribution in [2.45, 2.75) is 30.9 Å². The Bertz CT molecular complexity index is 572. The predicted molar refractivity (Wildman–Crippen MR) is 96.9 cm³/mol. The van der Waals surface area contributed by atoms with Crippen LogP contribution in [0, 0.1) is 0 Å². The van der Waals surface area contributed by atoms with Crippen molar-refractivity contribution in [2.75, 3.05) is 33.2 Å². The molecule has 0 saturated heterocycles. The van der Waals surface area contributed by atoms with Crippen LogP contribution in [-0.4, -0.2) is 51.9 Å². The Morgan fingerprint density at radius 3 is 2.43 bits per heavy atom. The third-order valence-electron chi connectivity index (χ3n) is 3.23. The highest BCUT2D eigenvalue weighted by atomic mass is 35.5. The van der Waals surface area contributed by atoms with Gasteiger partial charge in [0, 0.05) is 37.5 Å². The number of nitrogens with one attached hydrogen (secondary N) is 2. The molecule has 6 nitrogen and oxygen atoms in total. The van der Waals surface area contributed by atoms with Gasteiger partial charge in [0.2, 0.25) is 5.91 Å². The molecule has 0 aliphatic carbocycles. The summed E-state index contributed by atoms with van der Waals surface area (Å²) in [5.41, 5.74) is 0. The molecule has 0 saturated carbocycles. The molecule has 1 aromatic rings. The van der Waals surface area contributed by atoms with Gasteiger partial charge < -0.3 is 10.6 Å². The smallest absolute Gasteiger partial charge is 0.252 e. The van der Waals surface area contributed by atoms with Gasteiger partial charge in [0.15, 0.2) is 0 Å². The topological polar surface area (TPSA) is 78.5 Å². The van der Waals surface area contributed by atoms with Gasteiger partial charge in [0.25, 0.3) is 10.0 Å². The van der Waals surface area contributed by atoms with Gasteiger partial charge in [-0.05, 0) is 25.6 Å². The fourth-order valence-corrected chi connectivity index (χ4v) is 4.94. The summed E-state index contributed by atoms with van der Waals surface area (Å²) in [6.45, 7) is 5.76. The minimum Gasteiger partial charge on any atom is -0.356 e. The molecule has 0 fully saturated rings. The Morgan fingerprint density at radius 1 is 1.22 bits per heavy atom. The summed E-state index contributed by atoms with van der Waals surface area (Å²) in [7, 11) is -1.58. The van der Waals surface area contributed by atoms with E-state index in [-0.39, 0.29) is 18.3 Å². The predicted octanol–water partition coefficient (Wildman–Crippen LogP) is 1.47. The number of thiophene rings is 1. The van der Waals surface area contributed by atoms with Crippen LogP contribution in [0.5, 0.6) is 0 Å². The molecule has 1 rings (SSSR count). The summed E-state index contributed by atoms with van der Waals surface area (Å²) in [5.74, 6) is 0.00175. The number of carbonyl (C=O) groups is 1. The highest BCUT2D eigenvalue weighted by Crippen LogP contribution is 2.25. The Labute approximate surface area is 149 Å². The van der Waals surface area contributed by atoms with Crippen molar-refractivity contribution in [3.8, 4) is 0 Å². The lowest BCUT2D eigenvalue weighted by atomic mass is 10.3. The van der Waals surface area contributed by atoms with E-state index in [0.717, 1.165) is 4.88 Å². The Hall–Kier alpha value is -0.670. The van der Waals surface area contributed by atoms with Crippen molar-refractivity contribution in [1.82, 2.24) is 14.9 Å². The zero-order valence-electron chi connectivity index (χ0n) is 13.8. The molecule has 9 heteroatoms.